The molecule has 3 aliphatic heterocycles. The molecule has 190 valence electrons. The van der Waals surface area contributed by atoms with Gasteiger partial charge < -0.3 is 39.1 Å². The number of esters is 1. The van der Waals surface area contributed by atoms with Gasteiger partial charge in [0.15, 0.2) is 23.1 Å². The minimum Gasteiger partial charge on any atom is -0.472 e. The molecule has 3 saturated heterocycles. The lowest BCUT2D eigenvalue weighted by molar-refractivity contribution is -0.291. The van der Waals surface area contributed by atoms with Crippen molar-refractivity contribution in [3.63, 3.8) is 0 Å². The summed E-state index contributed by atoms with van der Waals surface area (Å²) >= 11 is 0. The molecule has 3 aliphatic carbocycles. The van der Waals surface area contributed by atoms with Crippen LogP contribution in [-0.2, 0) is 23.8 Å². The highest BCUT2D eigenvalue weighted by Gasteiger charge is 2.93. The zero-order chi connectivity index (χ0) is 25.1. The second-order valence-electron chi connectivity index (χ2n) is 12.2. The Morgan fingerprint density at radius 3 is 2.40 bits per heavy atom. The van der Waals surface area contributed by atoms with Gasteiger partial charge in [0.25, 0.3) is 0 Å². The summed E-state index contributed by atoms with van der Waals surface area (Å²) in [7, 11) is 0. The average molecular weight is 491 g/mol. The molecule has 1 spiro atoms. The molecule has 1 aromatic heterocycles. The van der Waals surface area contributed by atoms with Crippen molar-refractivity contribution in [2.75, 3.05) is 0 Å². The van der Waals surface area contributed by atoms with Crippen LogP contribution in [0.5, 0.6) is 0 Å². The van der Waals surface area contributed by atoms with Crippen molar-refractivity contribution in [3.8, 4) is 0 Å². The molecule has 1 aromatic rings. The van der Waals surface area contributed by atoms with Crippen molar-refractivity contribution in [2.24, 2.45) is 16.7 Å². The van der Waals surface area contributed by atoms with Gasteiger partial charge >= 0.3 is 5.97 Å². The van der Waals surface area contributed by atoms with E-state index in [1.165, 1.54) is 6.92 Å². The van der Waals surface area contributed by atoms with Crippen molar-refractivity contribution in [1.29, 1.82) is 0 Å². The van der Waals surface area contributed by atoms with Crippen LogP contribution < -0.4 is 0 Å². The molecular weight excluding hydrogens is 460 g/mol. The van der Waals surface area contributed by atoms with Gasteiger partial charge in [-0.05, 0) is 38.8 Å². The smallest absolute Gasteiger partial charge is 0.338 e. The van der Waals surface area contributed by atoms with Crippen LogP contribution in [0.4, 0.5) is 0 Å². The first-order chi connectivity index (χ1) is 16.2. The fraction of sp³-hybridized carbons (Fsp3) is 0.760. The maximum atomic E-state index is 14.4. The van der Waals surface area contributed by atoms with Gasteiger partial charge in [-0.15, -0.1) is 0 Å². The average Bonchev–Trinajstić information content (AvgIpc) is 3.06. The van der Waals surface area contributed by atoms with Gasteiger partial charge in [0.2, 0.25) is 0 Å². The molecule has 10 heteroatoms. The van der Waals surface area contributed by atoms with Gasteiger partial charge in [-0.3, -0.25) is 4.79 Å². The molecule has 4 N–H and O–H groups in total. The third-order valence-corrected chi connectivity index (χ3v) is 11.2. The van der Waals surface area contributed by atoms with Crippen molar-refractivity contribution in [3.05, 3.63) is 24.2 Å². The third kappa shape index (κ3) is 1.87. The summed E-state index contributed by atoms with van der Waals surface area (Å²) in [5, 5.41) is 46.5. The number of epoxide rings is 1. The Morgan fingerprint density at radius 1 is 1.03 bits per heavy atom. The molecule has 6 aliphatic rings. The van der Waals surface area contributed by atoms with E-state index in [-0.39, 0.29) is 18.1 Å². The Labute approximate surface area is 201 Å². The summed E-state index contributed by atoms with van der Waals surface area (Å²) in [5.74, 6) is -2.66. The Hall–Kier alpha value is -1.82. The second-order valence-corrected chi connectivity index (χ2v) is 12.2. The van der Waals surface area contributed by atoms with Crippen LogP contribution in [0.2, 0.25) is 0 Å². The second kappa shape index (κ2) is 5.84. The summed E-state index contributed by atoms with van der Waals surface area (Å²) < 4.78 is 23.2. The van der Waals surface area contributed by atoms with Gasteiger partial charge in [0.05, 0.1) is 36.3 Å². The van der Waals surface area contributed by atoms with Crippen molar-refractivity contribution in [1.82, 2.24) is 0 Å². The Balaban J connectivity index is 1.43. The molecule has 0 radical (unpaired) electrons. The van der Waals surface area contributed by atoms with Crippen molar-refractivity contribution in [2.45, 2.75) is 99.4 Å². The van der Waals surface area contributed by atoms with Crippen molar-refractivity contribution < 1.29 is 48.6 Å². The number of rotatable bonds is 1. The van der Waals surface area contributed by atoms with E-state index in [2.05, 4.69) is 0 Å². The molecule has 4 heterocycles. The number of furan rings is 1. The molecule has 6 fully saturated rings. The number of aliphatic hydroxyl groups excluding tert-OH is 2. The fourth-order valence-corrected chi connectivity index (χ4v) is 9.51. The lowest BCUT2D eigenvalue weighted by Crippen LogP contribution is -2.79. The van der Waals surface area contributed by atoms with Crippen LogP contribution in [0.25, 0.3) is 0 Å². The minimum atomic E-state index is -2.33. The summed E-state index contributed by atoms with van der Waals surface area (Å²) in [6.07, 6.45) is -2.26. The fourth-order valence-electron chi connectivity index (χ4n) is 9.51. The molecule has 35 heavy (non-hydrogen) atoms. The Kier molecular flexibility index (Phi) is 3.74. The zero-order valence-electron chi connectivity index (χ0n) is 19.9. The number of hydrogen-bond acceptors (Lipinski definition) is 10. The zero-order valence-corrected chi connectivity index (χ0v) is 19.9. The number of ether oxygens (including phenoxy) is 3. The molecule has 0 aromatic carbocycles. The van der Waals surface area contributed by atoms with Crippen LogP contribution in [-0.4, -0.2) is 85.1 Å². The van der Waals surface area contributed by atoms with E-state index in [4.69, 9.17) is 18.6 Å². The van der Waals surface area contributed by atoms with Crippen molar-refractivity contribution >= 4 is 11.8 Å². The standard InChI is InChI=1S/C25H30O10/c1-20-11(10-5-6-32-9-10)7-14-25(20,34-14)22(3,30)16-15(17(20)27)33-13-8-12(26)23(4)24(31,21(13,16)2)18(28)19(29)35-23/h5-6,9,11-16,18,26,28,30-31H,7-8H2,1-4H3/t11-,12+,13?,14+,15-,16+,18-,20+,21+,22+,23-,24-,25+/m0/s1. The molecule has 1 unspecified atom stereocenters. The van der Waals surface area contributed by atoms with Crippen LogP contribution >= 0.6 is 0 Å². The first-order valence-electron chi connectivity index (χ1n) is 12.2. The predicted octanol–water partition coefficient (Wildman–Crippen LogP) is -0.194. The van der Waals surface area contributed by atoms with E-state index >= 15 is 0 Å². The lowest BCUT2D eigenvalue weighted by atomic mass is 9.43. The van der Waals surface area contributed by atoms with E-state index in [0.29, 0.717) is 6.42 Å². The highest BCUT2D eigenvalue weighted by molar-refractivity contribution is 5.95. The summed E-state index contributed by atoms with van der Waals surface area (Å²) in [4.78, 5) is 26.9. The van der Waals surface area contributed by atoms with Gasteiger partial charge in [-0.2, -0.15) is 0 Å². The lowest BCUT2D eigenvalue weighted by Gasteiger charge is -2.61. The summed E-state index contributed by atoms with van der Waals surface area (Å²) in [5.41, 5.74) is -8.99. The van der Waals surface area contributed by atoms with E-state index < -0.39 is 75.6 Å². The maximum Gasteiger partial charge on any atom is 0.338 e. The number of carbonyl (C=O) groups is 2. The highest BCUT2D eigenvalue weighted by atomic mass is 16.6. The highest BCUT2D eigenvalue weighted by Crippen LogP contribution is 2.78. The number of aliphatic hydroxyl groups is 4. The molecule has 0 bridgehead atoms. The van der Waals surface area contributed by atoms with E-state index in [1.54, 1.807) is 39.4 Å². The van der Waals surface area contributed by atoms with Crippen LogP contribution in [0.15, 0.2) is 23.0 Å². The van der Waals surface area contributed by atoms with Gasteiger partial charge in [-0.25, -0.2) is 4.79 Å². The summed E-state index contributed by atoms with van der Waals surface area (Å²) in [6.45, 7) is 6.38. The SMILES string of the molecule is C[C@@]12OC(=O)[C@H](O)[C@]1(O)[C@]1(C)C(C[C@H]2O)O[C@@H]2C(=O)[C@@]3(C)[C@H](c4ccoc4)C[C@H]4O[C@]43[C@](C)(O)[C@H]21. The van der Waals surface area contributed by atoms with E-state index in [1.807, 2.05) is 0 Å². The largest absolute Gasteiger partial charge is 0.472 e. The normalized spacial score (nSPS) is 62.0. The van der Waals surface area contributed by atoms with Gasteiger partial charge in [0, 0.05) is 23.7 Å². The van der Waals surface area contributed by atoms with Gasteiger partial charge in [-0.1, -0.05) is 6.92 Å². The molecule has 0 amide bonds. The number of fused-ring (bicyclic) bond motifs is 5. The molecule has 3 saturated carbocycles. The Morgan fingerprint density at radius 2 is 1.74 bits per heavy atom. The minimum absolute atomic E-state index is 0.0508. The topological polar surface area (TPSA) is 159 Å². The first-order valence-corrected chi connectivity index (χ1v) is 12.2. The quantitative estimate of drug-likeness (QED) is 0.307. The predicted molar refractivity (Wildman–Crippen MR) is 114 cm³/mol. The Bertz CT molecular complexity index is 1160. The molecule has 7 rings (SSSR count). The van der Waals surface area contributed by atoms with E-state index in [0.717, 1.165) is 5.56 Å². The summed E-state index contributed by atoms with van der Waals surface area (Å²) in [6, 6.07) is 1.81. The van der Waals surface area contributed by atoms with Gasteiger partial charge in [0.1, 0.15) is 17.3 Å². The number of ketones is 1. The molecule has 10 nitrogen and oxygen atoms in total. The number of Topliss-reactive ketones (excluding diaryl/α,β-unsaturated/α-hetero) is 1. The number of hydrogen-bond donors (Lipinski definition) is 4. The number of carbonyl (C=O) groups excluding carboxylic acids is 2. The monoisotopic (exact) mass is 490 g/mol. The van der Waals surface area contributed by atoms with Crippen LogP contribution in [0.1, 0.15) is 52.0 Å². The molecular formula is C25H30O10. The first kappa shape index (κ1) is 22.4. The van der Waals surface area contributed by atoms with E-state index in [9.17, 15) is 30.0 Å². The van der Waals surface area contributed by atoms with Crippen LogP contribution in [0.3, 0.4) is 0 Å². The maximum absolute atomic E-state index is 14.4. The third-order valence-electron chi connectivity index (χ3n) is 11.2. The van der Waals surface area contributed by atoms with Crippen LogP contribution in [0, 0.1) is 16.7 Å². The molecule has 13 atom stereocenters.